The van der Waals surface area contributed by atoms with Crippen LogP contribution < -0.4 is 5.32 Å². The summed E-state index contributed by atoms with van der Waals surface area (Å²) in [5, 5.41) is 7.87. The quantitative estimate of drug-likeness (QED) is 0.879. The van der Waals surface area contributed by atoms with Crippen molar-refractivity contribution in [2.75, 3.05) is 6.54 Å². The first-order valence-electron chi connectivity index (χ1n) is 5.73. The SMILES string of the molecule is CCCNC(c1cscc1Br)c1ccoc1C. The van der Waals surface area contributed by atoms with E-state index < -0.39 is 0 Å². The maximum absolute atomic E-state index is 5.41. The Kier molecular flexibility index (Phi) is 4.42. The molecule has 1 N–H and O–H groups in total. The van der Waals surface area contributed by atoms with Gasteiger partial charge < -0.3 is 9.73 Å². The van der Waals surface area contributed by atoms with Crippen LogP contribution in [0.4, 0.5) is 0 Å². The van der Waals surface area contributed by atoms with Gasteiger partial charge in [-0.25, -0.2) is 0 Å². The lowest BCUT2D eigenvalue weighted by Crippen LogP contribution is -2.23. The Bertz CT molecular complexity index is 437. The standard InChI is InChI=1S/C13H16BrNOS/c1-3-5-15-13(10-4-6-16-9(10)2)11-7-17-8-12(11)14/h4,6-8,13,15H,3,5H2,1-2H3. The van der Waals surface area contributed by atoms with Gasteiger partial charge in [-0.3, -0.25) is 0 Å². The third-order valence-corrected chi connectivity index (χ3v) is 4.51. The zero-order valence-corrected chi connectivity index (χ0v) is 12.4. The van der Waals surface area contributed by atoms with Crippen molar-refractivity contribution in [1.82, 2.24) is 5.32 Å². The molecule has 2 aromatic rings. The molecule has 2 nitrogen and oxygen atoms in total. The first-order valence-corrected chi connectivity index (χ1v) is 7.46. The fraction of sp³-hybridized carbons (Fsp3) is 0.385. The summed E-state index contributed by atoms with van der Waals surface area (Å²) >= 11 is 5.32. The van der Waals surface area contributed by atoms with Crippen molar-refractivity contribution in [3.8, 4) is 0 Å². The normalized spacial score (nSPS) is 12.9. The van der Waals surface area contributed by atoms with E-state index in [-0.39, 0.29) is 6.04 Å². The lowest BCUT2D eigenvalue weighted by molar-refractivity contribution is 0.517. The highest BCUT2D eigenvalue weighted by molar-refractivity contribution is 9.10. The highest BCUT2D eigenvalue weighted by Gasteiger charge is 2.20. The smallest absolute Gasteiger partial charge is 0.105 e. The van der Waals surface area contributed by atoms with Crippen LogP contribution in [0.1, 0.15) is 36.3 Å². The van der Waals surface area contributed by atoms with E-state index in [1.807, 2.05) is 13.0 Å². The van der Waals surface area contributed by atoms with Gasteiger partial charge in [-0.05, 0) is 52.8 Å². The predicted octanol–water partition coefficient (Wildman–Crippen LogP) is 4.50. The minimum Gasteiger partial charge on any atom is -0.469 e. The second-order valence-corrected chi connectivity index (χ2v) is 5.59. The number of aryl methyl sites for hydroxylation is 1. The highest BCUT2D eigenvalue weighted by Crippen LogP contribution is 2.33. The lowest BCUT2D eigenvalue weighted by Gasteiger charge is -2.17. The van der Waals surface area contributed by atoms with Crippen LogP contribution >= 0.6 is 27.3 Å². The van der Waals surface area contributed by atoms with Crippen molar-refractivity contribution in [3.63, 3.8) is 0 Å². The Hall–Kier alpha value is -0.580. The molecule has 0 radical (unpaired) electrons. The van der Waals surface area contributed by atoms with Gasteiger partial charge in [0.15, 0.2) is 0 Å². The maximum Gasteiger partial charge on any atom is 0.105 e. The van der Waals surface area contributed by atoms with E-state index in [1.165, 1.54) is 11.1 Å². The molecule has 0 aromatic carbocycles. The molecule has 0 spiro atoms. The van der Waals surface area contributed by atoms with Crippen molar-refractivity contribution in [2.45, 2.75) is 26.3 Å². The summed E-state index contributed by atoms with van der Waals surface area (Å²) in [5.41, 5.74) is 2.51. The second-order valence-electron chi connectivity index (χ2n) is 3.99. The number of furan rings is 1. The summed E-state index contributed by atoms with van der Waals surface area (Å²) in [7, 11) is 0. The van der Waals surface area contributed by atoms with Crippen LogP contribution in [0.2, 0.25) is 0 Å². The monoisotopic (exact) mass is 313 g/mol. The first-order chi connectivity index (χ1) is 8.24. The van der Waals surface area contributed by atoms with Gasteiger partial charge in [-0.15, -0.1) is 0 Å². The van der Waals surface area contributed by atoms with Crippen molar-refractivity contribution in [3.05, 3.63) is 44.4 Å². The predicted molar refractivity (Wildman–Crippen MR) is 75.6 cm³/mol. The zero-order valence-electron chi connectivity index (χ0n) is 10.00. The largest absolute Gasteiger partial charge is 0.469 e. The van der Waals surface area contributed by atoms with Gasteiger partial charge in [0.1, 0.15) is 5.76 Å². The van der Waals surface area contributed by atoms with Crippen LogP contribution in [0.15, 0.2) is 32.0 Å². The maximum atomic E-state index is 5.41. The molecule has 1 unspecified atom stereocenters. The van der Waals surface area contributed by atoms with E-state index in [0.717, 1.165) is 23.2 Å². The van der Waals surface area contributed by atoms with Crippen molar-refractivity contribution in [1.29, 1.82) is 0 Å². The summed E-state index contributed by atoms with van der Waals surface area (Å²) in [5.74, 6) is 0.983. The average Bonchev–Trinajstić information content (AvgIpc) is 2.90. The fourth-order valence-corrected chi connectivity index (χ4v) is 3.42. The van der Waals surface area contributed by atoms with Crippen LogP contribution in [-0.2, 0) is 0 Å². The molecule has 0 aliphatic rings. The van der Waals surface area contributed by atoms with E-state index in [1.54, 1.807) is 17.6 Å². The Balaban J connectivity index is 2.32. The van der Waals surface area contributed by atoms with Crippen LogP contribution in [0.3, 0.4) is 0 Å². The van der Waals surface area contributed by atoms with Gasteiger partial charge in [0.2, 0.25) is 0 Å². The van der Waals surface area contributed by atoms with Crippen molar-refractivity contribution in [2.24, 2.45) is 0 Å². The molecule has 0 amide bonds. The summed E-state index contributed by atoms with van der Waals surface area (Å²) < 4.78 is 6.58. The Labute approximate surface area is 114 Å². The minimum atomic E-state index is 0.217. The third-order valence-electron chi connectivity index (χ3n) is 2.76. The van der Waals surface area contributed by atoms with E-state index >= 15 is 0 Å². The topological polar surface area (TPSA) is 25.2 Å². The van der Waals surface area contributed by atoms with E-state index in [2.05, 4.69) is 38.9 Å². The molecule has 4 heteroatoms. The van der Waals surface area contributed by atoms with Crippen LogP contribution in [0.5, 0.6) is 0 Å². The molecular weight excluding hydrogens is 298 g/mol. The van der Waals surface area contributed by atoms with Gasteiger partial charge in [-0.1, -0.05) is 6.92 Å². The third kappa shape index (κ3) is 2.81. The van der Waals surface area contributed by atoms with Crippen LogP contribution in [0, 0.1) is 6.92 Å². The molecule has 1 atom stereocenters. The summed E-state index contributed by atoms with van der Waals surface area (Å²) in [4.78, 5) is 0. The molecule has 0 aliphatic carbocycles. The fourth-order valence-electron chi connectivity index (χ4n) is 1.87. The summed E-state index contributed by atoms with van der Waals surface area (Å²) in [6.07, 6.45) is 2.88. The average molecular weight is 314 g/mol. The summed E-state index contributed by atoms with van der Waals surface area (Å²) in [6, 6.07) is 2.27. The van der Waals surface area contributed by atoms with Crippen molar-refractivity contribution >= 4 is 27.3 Å². The number of nitrogens with one attached hydrogen (secondary N) is 1. The van der Waals surface area contributed by atoms with Crippen LogP contribution in [-0.4, -0.2) is 6.54 Å². The number of hydrogen-bond donors (Lipinski definition) is 1. The Morgan fingerprint density at radius 1 is 1.41 bits per heavy atom. The molecule has 17 heavy (non-hydrogen) atoms. The second kappa shape index (κ2) is 5.85. The van der Waals surface area contributed by atoms with Crippen LogP contribution in [0.25, 0.3) is 0 Å². The lowest BCUT2D eigenvalue weighted by atomic mass is 10.0. The van der Waals surface area contributed by atoms with Gasteiger partial charge >= 0.3 is 0 Å². The molecule has 92 valence electrons. The van der Waals surface area contributed by atoms with E-state index in [4.69, 9.17) is 4.42 Å². The zero-order chi connectivity index (χ0) is 12.3. The minimum absolute atomic E-state index is 0.217. The molecule has 2 rings (SSSR count). The molecule has 0 fully saturated rings. The van der Waals surface area contributed by atoms with E-state index in [9.17, 15) is 0 Å². The van der Waals surface area contributed by atoms with Gasteiger partial charge in [0.25, 0.3) is 0 Å². The Morgan fingerprint density at radius 3 is 2.76 bits per heavy atom. The number of halogens is 1. The number of hydrogen-bond acceptors (Lipinski definition) is 3. The molecule has 2 heterocycles. The highest BCUT2D eigenvalue weighted by atomic mass is 79.9. The first kappa shape index (κ1) is 12.9. The van der Waals surface area contributed by atoms with Crippen molar-refractivity contribution < 1.29 is 4.42 Å². The molecule has 0 bridgehead atoms. The van der Waals surface area contributed by atoms with Gasteiger partial charge in [0, 0.05) is 15.4 Å². The molecular formula is C13H16BrNOS. The Morgan fingerprint density at radius 2 is 2.24 bits per heavy atom. The van der Waals surface area contributed by atoms with Gasteiger partial charge in [-0.2, -0.15) is 11.3 Å². The van der Waals surface area contributed by atoms with E-state index in [0.29, 0.717) is 0 Å². The molecule has 0 saturated heterocycles. The number of rotatable bonds is 5. The summed E-state index contributed by atoms with van der Waals surface area (Å²) in [6.45, 7) is 5.18. The van der Waals surface area contributed by atoms with Gasteiger partial charge in [0.05, 0.1) is 12.3 Å². The molecule has 2 aromatic heterocycles. The number of thiophene rings is 1. The molecule has 0 saturated carbocycles. The molecule has 0 aliphatic heterocycles.